The van der Waals surface area contributed by atoms with Crippen molar-refractivity contribution in [3.63, 3.8) is 0 Å². The molecule has 0 aliphatic rings. The average Bonchev–Trinajstić information content (AvgIpc) is 2.62. The van der Waals surface area contributed by atoms with Crippen LogP contribution in [0.5, 0.6) is 0 Å². The minimum atomic E-state index is -0.623. The largest absolute Gasteiger partial charge is 0.207 e. The first-order valence-electron chi connectivity index (χ1n) is 4.94. The Morgan fingerprint density at radius 2 is 1.89 bits per heavy atom. The Kier molecular flexibility index (Phi) is 4.47. The number of aryl methyl sites for hydroxylation is 1. The topological polar surface area (TPSA) is 0 Å². The first kappa shape index (κ1) is 14.4. The van der Waals surface area contributed by atoms with Gasteiger partial charge in [0, 0.05) is 19.8 Å². The molecule has 6 heteroatoms. The lowest BCUT2D eigenvalue weighted by molar-refractivity contribution is 0.589. The maximum Gasteiger partial charge on any atom is 0.142 e. The van der Waals surface area contributed by atoms with Crippen molar-refractivity contribution in [1.29, 1.82) is 0 Å². The summed E-state index contributed by atoms with van der Waals surface area (Å²) >= 11 is 13.9. The number of thiophene rings is 1. The smallest absolute Gasteiger partial charge is 0.142 e. The van der Waals surface area contributed by atoms with Crippen LogP contribution in [0.4, 0.5) is 8.78 Å². The van der Waals surface area contributed by atoms with Gasteiger partial charge in [-0.15, -0.1) is 11.3 Å². The Balaban J connectivity index is 2.49. The molecule has 0 fully saturated rings. The third-order valence-corrected chi connectivity index (χ3v) is 5.96. The molecule has 0 amide bonds. The predicted octanol–water partition coefficient (Wildman–Crippen LogP) is 6.23. The van der Waals surface area contributed by atoms with Crippen LogP contribution in [0.1, 0.15) is 20.1 Å². The second kappa shape index (κ2) is 5.57. The molecule has 0 bridgehead atoms. The lowest BCUT2D eigenvalue weighted by Crippen LogP contribution is -1.97. The summed E-state index contributed by atoms with van der Waals surface area (Å²) in [5.74, 6) is -1.15. The van der Waals surface area contributed by atoms with E-state index >= 15 is 0 Å². The van der Waals surface area contributed by atoms with Gasteiger partial charge in [0.1, 0.15) is 11.6 Å². The van der Waals surface area contributed by atoms with Gasteiger partial charge in [0.05, 0.1) is 9.85 Å². The van der Waals surface area contributed by atoms with Gasteiger partial charge in [-0.2, -0.15) is 0 Å². The van der Waals surface area contributed by atoms with Crippen LogP contribution in [0, 0.1) is 18.6 Å². The minimum Gasteiger partial charge on any atom is -0.207 e. The van der Waals surface area contributed by atoms with Gasteiger partial charge in [0.2, 0.25) is 0 Å². The third-order valence-electron chi connectivity index (χ3n) is 2.38. The molecule has 0 saturated heterocycles. The average molecular weight is 417 g/mol. The van der Waals surface area contributed by atoms with Gasteiger partial charge < -0.3 is 0 Å². The van der Waals surface area contributed by atoms with E-state index in [0.29, 0.717) is 0 Å². The van der Waals surface area contributed by atoms with E-state index in [1.807, 2.05) is 13.0 Å². The quantitative estimate of drug-likeness (QED) is 0.402. The van der Waals surface area contributed by atoms with E-state index < -0.39 is 16.5 Å². The third kappa shape index (κ3) is 2.79. The van der Waals surface area contributed by atoms with Gasteiger partial charge in [0.25, 0.3) is 0 Å². The molecule has 0 spiro atoms. The molecule has 2 aromatic rings. The van der Waals surface area contributed by atoms with Gasteiger partial charge in [-0.1, -0.05) is 27.5 Å². The zero-order valence-corrected chi connectivity index (χ0v) is 13.9. The van der Waals surface area contributed by atoms with E-state index in [2.05, 4.69) is 31.9 Å². The molecule has 18 heavy (non-hydrogen) atoms. The molecule has 0 aliphatic heterocycles. The summed E-state index contributed by atoms with van der Waals surface area (Å²) in [5, 5.41) is -0.211. The highest BCUT2D eigenvalue weighted by Crippen LogP contribution is 2.42. The number of halogens is 5. The molecule has 0 N–H and O–H groups in total. The normalized spacial score (nSPS) is 12.8. The second-order valence-corrected chi connectivity index (χ2v) is 7.18. The Morgan fingerprint density at radius 1 is 1.22 bits per heavy atom. The maximum atomic E-state index is 13.8. The van der Waals surface area contributed by atoms with Crippen molar-refractivity contribution in [2.45, 2.75) is 11.8 Å². The number of rotatable bonds is 2. The highest BCUT2D eigenvalue weighted by molar-refractivity contribution is 9.11. The zero-order valence-electron chi connectivity index (χ0n) is 9.11. The van der Waals surface area contributed by atoms with E-state index in [4.69, 9.17) is 11.6 Å². The molecule has 0 saturated carbocycles. The van der Waals surface area contributed by atoms with Crippen molar-refractivity contribution in [1.82, 2.24) is 0 Å². The fourth-order valence-electron chi connectivity index (χ4n) is 1.55. The van der Waals surface area contributed by atoms with Crippen LogP contribution in [0.2, 0.25) is 5.02 Å². The van der Waals surface area contributed by atoms with Gasteiger partial charge in [-0.05, 0) is 41.1 Å². The van der Waals surface area contributed by atoms with Crippen LogP contribution in [0.3, 0.4) is 0 Å². The van der Waals surface area contributed by atoms with Crippen molar-refractivity contribution >= 4 is 54.8 Å². The minimum absolute atomic E-state index is 0.211. The summed E-state index contributed by atoms with van der Waals surface area (Å²) < 4.78 is 28.1. The summed E-state index contributed by atoms with van der Waals surface area (Å²) in [4.78, 5) is 1.58. The standard InChI is InChI=1S/C12H7Br2ClF2S/c1-5-2-7(13)12(18-5)11(14)6-3-10(17)8(15)4-9(6)16/h2-4,11H,1H3. The van der Waals surface area contributed by atoms with E-state index in [-0.39, 0.29) is 10.6 Å². The molecule has 0 radical (unpaired) electrons. The van der Waals surface area contributed by atoms with E-state index in [1.54, 1.807) is 0 Å². The molecule has 1 aromatic carbocycles. The van der Waals surface area contributed by atoms with Crippen LogP contribution in [-0.4, -0.2) is 0 Å². The van der Waals surface area contributed by atoms with Gasteiger partial charge >= 0.3 is 0 Å². The summed E-state index contributed by atoms with van der Waals surface area (Å²) in [7, 11) is 0. The predicted molar refractivity (Wildman–Crippen MR) is 78.9 cm³/mol. The SMILES string of the molecule is Cc1cc(Br)c(C(Br)c2cc(F)c(Cl)cc2F)s1. The van der Waals surface area contributed by atoms with Crippen molar-refractivity contribution < 1.29 is 8.78 Å². The van der Waals surface area contributed by atoms with Crippen LogP contribution in [0.25, 0.3) is 0 Å². The van der Waals surface area contributed by atoms with E-state index in [0.717, 1.165) is 26.4 Å². The molecule has 0 aliphatic carbocycles. The summed E-state index contributed by atoms with van der Waals surface area (Å²) in [6, 6.07) is 4.06. The molecule has 96 valence electrons. The molecular weight excluding hydrogens is 409 g/mol. The maximum absolute atomic E-state index is 13.8. The summed E-state index contributed by atoms with van der Waals surface area (Å²) in [6.45, 7) is 1.96. The molecule has 1 aromatic heterocycles. The number of hydrogen-bond donors (Lipinski definition) is 0. The number of benzene rings is 1. The molecule has 0 nitrogen and oxygen atoms in total. The van der Waals surface area contributed by atoms with Gasteiger partial charge in [-0.25, -0.2) is 8.78 Å². The van der Waals surface area contributed by atoms with Crippen molar-refractivity contribution in [3.8, 4) is 0 Å². The fourth-order valence-corrected chi connectivity index (χ4v) is 4.76. The zero-order chi connectivity index (χ0) is 13.4. The molecule has 1 heterocycles. The van der Waals surface area contributed by atoms with Crippen LogP contribution >= 0.6 is 54.8 Å². The number of alkyl halides is 1. The van der Waals surface area contributed by atoms with Crippen molar-refractivity contribution in [2.24, 2.45) is 0 Å². The van der Waals surface area contributed by atoms with Crippen LogP contribution in [-0.2, 0) is 0 Å². The second-order valence-electron chi connectivity index (χ2n) is 3.72. The molecule has 1 atom stereocenters. The summed E-state index contributed by atoms with van der Waals surface area (Å²) in [5.41, 5.74) is 0.236. The molecule has 1 unspecified atom stereocenters. The highest BCUT2D eigenvalue weighted by atomic mass is 79.9. The Labute approximate surface area is 129 Å². The highest BCUT2D eigenvalue weighted by Gasteiger charge is 2.21. The lowest BCUT2D eigenvalue weighted by atomic mass is 10.1. The van der Waals surface area contributed by atoms with Gasteiger partial charge in [0.15, 0.2) is 0 Å². The van der Waals surface area contributed by atoms with Crippen molar-refractivity contribution in [3.05, 3.63) is 54.6 Å². The Bertz CT molecular complexity index is 598. The fraction of sp³-hybridized carbons (Fsp3) is 0.167. The Hall–Kier alpha value is 0.0300. The monoisotopic (exact) mass is 414 g/mol. The first-order valence-corrected chi connectivity index (χ1v) is 7.84. The molecular formula is C12H7Br2ClF2S. The van der Waals surface area contributed by atoms with E-state index in [1.165, 1.54) is 11.3 Å². The number of hydrogen-bond acceptors (Lipinski definition) is 1. The summed E-state index contributed by atoms with van der Waals surface area (Å²) in [6.07, 6.45) is 0. The van der Waals surface area contributed by atoms with Crippen LogP contribution < -0.4 is 0 Å². The van der Waals surface area contributed by atoms with Crippen LogP contribution in [0.15, 0.2) is 22.7 Å². The van der Waals surface area contributed by atoms with E-state index in [9.17, 15) is 8.78 Å². The lowest BCUT2D eigenvalue weighted by Gasteiger charge is -2.11. The first-order chi connectivity index (χ1) is 8.40. The Morgan fingerprint density at radius 3 is 2.44 bits per heavy atom. The van der Waals surface area contributed by atoms with Crippen molar-refractivity contribution in [2.75, 3.05) is 0 Å². The molecule has 2 rings (SSSR count). The van der Waals surface area contributed by atoms with Gasteiger partial charge in [-0.3, -0.25) is 0 Å².